The Morgan fingerprint density at radius 3 is 2.23 bits per heavy atom. The lowest BCUT2D eigenvalue weighted by atomic mass is 9.95. The molecule has 10 heteroatoms. The van der Waals surface area contributed by atoms with Gasteiger partial charge in [0.05, 0.1) is 13.5 Å². The zero-order chi connectivity index (χ0) is 28.9. The predicted octanol–water partition coefficient (Wildman–Crippen LogP) is 3.75. The molecule has 1 aliphatic rings. The summed E-state index contributed by atoms with van der Waals surface area (Å²) in [5, 5.41) is 5.42. The highest BCUT2D eigenvalue weighted by Crippen LogP contribution is 2.37. The van der Waals surface area contributed by atoms with Gasteiger partial charge >= 0.3 is 6.09 Å². The fourth-order valence-electron chi connectivity index (χ4n) is 4.26. The molecule has 0 heterocycles. The molecule has 1 saturated carbocycles. The Kier molecular flexibility index (Phi) is 9.21. The van der Waals surface area contributed by atoms with Gasteiger partial charge < -0.3 is 30.7 Å². The van der Waals surface area contributed by atoms with E-state index < -0.39 is 47.9 Å². The number of alkyl carbamates (subject to hydrolysis) is 1. The number of rotatable bonds is 10. The van der Waals surface area contributed by atoms with Crippen LogP contribution in [-0.2, 0) is 19.1 Å². The quantitative estimate of drug-likeness (QED) is 0.421. The van der Waals surface area contributed by atoms with E-state index in [1.54, 1.807) is 52.1 Å². The first-order valence-corrected chi connectivity index (χ1v) is 12.9. The van der Waals surface area contributed by atoms with Gasteiger partial charge in [-0.25, -0.2) is 4.79 Å². The minimum absolute atomic E-state index is 0.250. The summed E-state index contributed by atoms with van der Waals surface area (Å²) in [4.78, 5) is 54.0. The van der Waals surface area contributed by atoms with Gasteiger partial charge in [0.2, 0.25) is 11.8 Å². The zero-order valence-electron chi connectivity index (χ0n) is 23.4. The molecule has 0 aromatic heterocycles. The number of anilines is 1. The van der Waals surface area contributed by atoms with Gasteiger partial charge in [-0.05, 0) is 82.9 Å². The fraction of sp³-hybridized carbons (Fsp3) is 0.448. The van der Waals surface area contributed by atoms with E-state index in [1.165, 1.54) is 4.90 Å². The van der Waals surface area contributed by atoms with E-state index in [0.717, 1.165) is 11.1 Å². The van der Waals surface area contributed by atoms with Crippen molar-refractivity contribution < 1.29 is 28.7 Å². The van der Waals surface area contributed by atoms with E-state index in [4.69, 9.17) is 15.2 Å². The molecule has 1 fully saturated rings. The SMILES string of the molecule is COc1ccc(NC(=O)C(c2cc(C)ccc2C)N(C(=O)C(CC(N)=O)NC(=O)OC(C)(C)C)C2CC2)cc1. The number of nitrogens with one attached hydrogen (secondary N) is 2. The number of hydrogen-bond donors (Lipinski definition) is 3. The van der Waals surface area contributed by atoms with Crippen LogP contribution >= 0.6 is 0 Å². The number of carbonyl (C=O) groups excluding carboxylic acids is 4. The monoisotopic (exact) mass is 538 g/mol. The Hall–Kier alpha value is -4.08. The topological polar surface area (TPSA) is 140 Å². The van der Waals surface area contributed by atoms with Crippen molar-refractivity contribution in [2.45, 2.75) is 77.6 Å². The van der Waals surface area contributed by atoms with Crippen LogP contribution in [0, 0.1) is 13.8 Å². The highest BCUT2D eigenvalue weighted by atomic mass is 16.6. The van der Waals surface area contributed by atoms with Crippen LogP contribution in [-0.4, -0.2) is 53.5 Å². The van der Waals surface area contributed by atoms with Crippen molar-refractivity contribution in [3.8, 4) is 5.75 Å². The number of nitrogens with zero attached hydrogens (tertiary/aromatic N) is 1. The molecule has 4 amide bonds. The van der Waals surface area contributed by atoms with E-state index in [2.05, 4.69) is 10.6 Å². The van der Waals surface area contributed by atoms with Crippen molar-refractivity contribution in [2.75, 3.05) is 12.4 Å². The van der Waals surface area contributed by atoms with Gasteiger partial charge in [-0.1, -0.05) is 23.8 Å². The van der Waals surface area contributed by atoms with Crippen LogP contribution in [0.5, 0.6) is 5.75 Å². The van der Waals surface area contributed by atoms with Gasteiger partial charge in [0.25, 0.3) is 5.91 Å². The third-order valence-corrected chi connectivity index (χ3v) is 6.20. The minimum Gasteiger partial charge on any atom is -0.497 e. The summed E-state index contributed by atoms with van der Waals surface area (Å²) in [6, 6.07) is 9.98. The van der Waals surface area contributed by atoms with Gasteiger partial charge in [-0.2, -0.15) is 0 Å². The van der Waals surface area contributed by atoms with Gasteiger partial charge in [-0.15, -0.1) is 0 Å². The van der Waals surface area contributed by atoms with E-state index in [0.29, 0.717) is 29.8 Å². The smallest absolute Gasteiger partial charge is 0.408 e. The average Bonchev–Trinajstić information content (AvgIpc) is 3.67. The summed E-state index contributed by atoms with van der Waals surface area (Å²) in [6.07, 6.45) is 0.0573. The van der Waals surface area contributed by atoms with Crippen LogP contribution in [0.15, 0.2) is 42.5 Å². The summed E-state index contributed by atoms with van der Waals surface area (Å²) in [5.41, 5.74) is 7.55. The molecule has 2 atom stereocenters. The molecule has 0 aliphatic heterocycles. The second-order valence-corrected chi connectivity index (χ2v) is 10.8. The number of benzene rings is 2. The van der Waals surface area contributed by atoms with Crippen LogP contribution in [0.2, 0.25) is 0 Å². The molecule has 3 rings (SSSR count). The van der Waals surface area contributed by atoms with Crippen LogP contribution in [0.1, 0.15) is 62.8 Å². The highest BCUT2D eigenvalue weighted by Gasteiger charge is 2.44. The molecule has 0 bridgehead atoms. The van der Waals surface area contributed by atoms with E-state index in [9.17, 15) is 19.2 Å². The number of amides is 4. The molecular weight excluding hydrogens is 500 g/mol. The van der Waals surface area contributed by atoms with Crippen LogP contribution in [0.3, 0.4) is 0 Å². The van der Waals surface area contributed by atoms with E-state index in [1.807, 2.05) is 32.0 Å². The number of aryl methyl sites for hydroxylation is 2. The lowest BCUT2D eigenvalue weighted by Crippen LogP contribution is -2.54. The lowest BCUT2D eigenvalue weighted by molar-refractivity contribution is -0.142. The molecule has 2 aromatic rings. The number of hydrogen-bond acceptors (Lipinski definition) is 6. The molecule has 0 saturated heterocycles. The highest BCUT2D eigenvalue weighted by molar-refractivity contribution is 6.00. The fourth-order valence-corrected chi connectivity index (χ4v) is 4.26. The van der Waals surface area contributed by atoms with Crippen molar-refractivity contribution in [3.63, 3.8) is 0 Å². The van der Waals surface area contributed by atoms with Crippen LogP contribution < -0.4 is 21.1 Å². The van der Waals surface area contributed by atoms with E-state index in [-0.39, 0.29) is 6.04 Å². The predicted molar refractivity (Wildman–Crippen MR) is 147 cm³/mol. The second kappa shape index (κ2) is 12.2. The first-order chi connectivity index (χ1) is 18.3. The Bertz CT molecular complexity index is 1220. The molecule has 0 radical (unpaired) electrons. The summed E-state index contributed by atoms with van der Waals surface area (Å²) in [7, 11) is 1.55. The van der Waals surface area contributed by atoms with Crippen molar-refractivity contribution in [3.05, 3.63) is 59.2 Å². The standard InChI is InChI=1S/C29H38N4O6/c1-17-7-8-18(2)22(15-17)25(26(35)31-19-9-13-21(38-6)14-10-19)33(20-11-12-20)27(36)23(16-24(30)34)32-28(37)39-29(3,4)5/h7-10,13-15,20,23,25H,11-12,16H2,1-6H3,(H2,30,34)(H,31,35)(H,32,37). The Morgan fingerprint density at radius 1 is 1.05 bits per heavy atom. The molecule has 2 unspecified atom stereocenters. The van der Waals surface area contributed by atoms with Crippen LogP contribution in [0.4, 0.5) is 10.5 Å². The lowest BCUT2D eigenvalue weighted by Gasteiger charge is -2.35. The first kappa shape index (κ1) is 29.5. The number of ether oxygens (including phenoxy) is 2. The third-order valence-electron chi connectivity index (χ3n) is 6.20. The summed E-state index contributed by atoms with van der Waals surface area (Å²) >= 11 is 0. The zero-order valence-corrected chi connectivity index (χ0v) is 23.4. The molecule has 4 N–H and O–H groups in total. The Morgan fingerprint density at radius 2 is 1.69 bits per heavy atom. The number of carbonyl (C=O) groups is 4. The first-order valence-electron chi connectivity index (χ1n) is 12.9. The van der Waals surface area contributed by atoms with Crippen molar-refractivity contribution in [1.29, 1.82) is 0 Å². The Balaban J connectivity index is 2.02. The number of nitrogens with two attached hydrogens (primary N) is 1. The maximum Gasteiger partial charge on any atom is 0.408 e. The maximum atomic E-state index is 14.1. The molecule has 210 valence electrons. The normalized spacial score (nSPS) is 14.5. The molecule has 39 heavy (non-hydrogen) atoms. The van der Waals surface area contributed by atoms with Gasteiger partial charge in [0, 0.05) is 11.7 Å². The summed E-state index contributed by atoms with van der Waals surface area (Å²) in [5.74, 6) is -1.15. The van der Waals surface area contributed by atoms with E-state index >= 15 is 0 Å². The molecule has 1 aliphatic carbocycles. The van der Waals surface area contributed by atoms with Crippen LogP contribution in [0.25, 0.3) is 0 Å². The van der Waals surface area contributed by atoms with Crippen molar-refractivity contribution in [2.24, 2.45) is 5.73 Å². The molecular formula is C29H38N4O6. The van der Waals surface area contributed by atoms with Gasteiger partial charge in [0.15, 0.2) is 0 Å². The summed E-state index contributed by atoms with van der Waals surface area (Å²) < 4.78 is 10.5. The third kappa shape index (κ3) is 8.20. The van der Waals surface area contributed by atoms with Gasteiger partial charge in [-0.3, -0.25) is 14.4 Å². The summed E-state index contributed by atoms with van der Waals surface area (Å²) in [6.45, 7) is 8.85. The second-order valence-electron chi connectivity index (χ2n) is 10.8. The Labute approximate surface area is 229 Å². The maximum absolute atomic E-state index is 14.1. The molecule has 2 aromatic carbocycles. The van der Waals surface area contributed by atoms with Gasteiger partial charge in [0.1, 0.15) is 23.4 Å². The minimum atomic E-state index is -1.31. The van der Waals surface area contributed by atoms with Crippen molar-refractivity contribution in [1.82, 2.24) is 10.2 Å². The van der Waals surface area contributed by atoms with Crippen molar-refractivity contribution >= 4 is 29.5 Å². The number of primary amides is 1. The molecule has 10 nitrogen and oxygen atoms in total. The average molecular weight is 539 g/mol. The number of methoxy groups -OCH3 is 1. The molecule has 0 spiro atoms. The largest absolute Gasteiger partial charge is 0.497 e.